The Morgan fingerprint density at radius 3 is 2.65 bits per heavy atom. The van der Waals surface area contributed by atoms with Crippen molar-refractivity contribution in [3.63, 3.8) is 0 Å². The zero-order valence-corrected chi connectivity index (χ0v) is 12.2. The Hall–Kier alpha value is -0.860. The molecule has 1 aliphatic carbocycles. The quantitative estimate of drug-likeness (QED) is 0.513. The normalized spacial score (nSPS) is 48.4. The van der Waals surface area contributed by atoms with E-state index in [2.05, 4.69) is 18.4 Å². The highest BCUT2D eigenvalue weighted by Crippen LogP contribution is 2.57. The summed E-state index contributed by atoms with van der Waals surface area (Å²) in [5.41, 5.74) is -0.303. The zero-order valence-electron chi connectivity index (χ0n) is 12.2. The first-order valence-corrected chi connectivity index (χ1v) is 7.15. The summed E-state index contributed by atoms with van der Waals surface area (Å²) in [4.78, 5) is 0. The van der Waals surface area contributed by atoms with Crippen molar-refractivity contribution in [3.05, 3.63) is 12.2 Å². The van der Waals surface area contributed by atoms with Crippen LogP contribution in [0.3, 0.4) is 0 Å². The lowest BCUT2D eigenvalue weighted by Gasteiger charge is -2.46. The lowest BCUT2D eigenvalue weighted by molar-refractivity contribution is -0.207. The second kappa shape index (κ2) is 4.32. The predicted molar refractivity (Wildman–Crippen MR) is 73.9 cm³/mol. The number of ether oxygens (including phenoxy) is 2. The van der Waals surface area contributed by atoms with Crippen molar-refractivity contribution in [2.75, 3.05) is 0 Å². The SMILES string of the molecule is C=C(C)C#CC1C[C@@H]2OC(C)(C)[C@@H](O)C[C@]23O[C@@H]3[C@@H]1O. The summed E-state index contributed by atoms with van der Waals surface area (Å²) in [5, 5.41) is 20.5. The summed E-state index contributed by atoms with van der Waals surface area (Å²) in [7, 11) is 0. The summed E-state index contributed by atoms with van der Waals surface area (Å²) >= 11 is 0. The first-order valence-electron chi connectivity index (χ1n) is 7.15. The summed E-state index contributed by atoms with van der Waals surface area (Å²) in [6, 6.07) is 0. The van der Waals surface area contributed by atoms with E-state index in [9.17, 15) is 10.2 Å². The van der Waals surface area contributed by atoms with E-state index in [1.807, 2.05) is 20.8 Å². The lowest BCUT2D eigenvalue weighted by Crippen LogP contribution is -2.59. The highest BCUT2D eigenvalue weighted by Gasteiger charge is 2.72. The Bertz CT molecular complexity index is 500. The highest BCUT2D eigenvalue weighted by molar-refractivity contribution is 5.29. The van der Waals surface area contributed by atoms with Crippen LogP contribution in [-0.2, 0) is 9.47 Å². The maximum Gasteiger partial charge on any atom is 0.126 e. The molecule has 2 N–H and O–H groups in total. The molecule has 3 rings (SSSR count). The molecular formula is C16H22O4. The van der Waals surface area contributed by atoms with Gasteiger partial charge < -0.3 is 19.7 Å². The van der Waals surface area contributed by atoms with E-state index in [1.165, 1.54) is 0 Å². The molecule has 0 bridgehead atoms. The molecule has 6 atom stereocenters. The van der Waals surface area contributed by atoms with Crippen LogP contribution in [0.4, 0.5) is 0 Å². The number of rotatable bonds is 0. The summed E-state index contributed by atoms with van der Waals surface area (Å²) in [5.74, 6) is 5.85. The van der Waals surface area contributed by atoms with Gasteiger partial charge >= 0.3 is 0 Å². The Balaban J connectivity index is 1.82. The molecule has 4 heteroatoms. The molecule has 2 aliphatic heterocycles. The molecule has 1 saturated carbocycles. The van der Waals surface area contributed by atoms with E-state index in [4.69, 9.17) is 9.47 Å². The molecule has 110 valence electrons. The molecule has 3 fully saturated rings. The Morgan fingerprint density at radius 1 is 1.30 bits per heavy atom. The van der Waals surface area contributed by atoms with Crippen molar-refractivity contribution >= 4 is 0 Å². The maximum atomic E-state index is 10.3. The van der Waals surface area contributed by atoms with Gasteiger partial charge in [0.15, 0.2) is 0 Å². The molecule has 1 unspecified atom stereocenters. The van der Waals surface area contributed by atoms with E-state index < -0.39 is 23.4 Å². The molecule has 2 saturated heterocycles. The van der Waals surface area contributed by atoms with Crippen LogP contribution in [0, 0.1) is 17.8 Å². The summed E-state index contributed by atoms with van der Waals surface area (Å²) in [6.07, 6.45) is -0.416. The minimum absolute atomic E-state index is 0.112. The minimum atomic E-state index is -0.616. The molecule has 0 amide bonds. The van der Waals surface area contributed by atoms with E-state index in [0.29, 0.717) is 12.8 Å². The zero-order chi connectivity index (χ0) is 14.7. The van der Waals surface area contributed by atoms with Crippen LogP contribution in [0.1, 0.15) is 33.6 Å². The van der Waals surface area contributed by atoms with Crippen molar-refractivity contribution in [2.24, 2.45) is 5.92 Å². The monoisotopic (exact) mass is 278 g/mol. The smallest absolute Gasteiger partial charge is 0.126 e. The number of allylic oxidation sites excluding steroid dienone is 1. The highest BCUT2D eigenvalue weighted by atomic mass is 16.7. The van der Waals surface area contributed by atoms with E-state index >= 15 is 0 Å². The third kappa shape index (κ3) is 2.01. The number of aliphatic hydroxyl groups excluding tert-OH is 2. The van der Waals surface area contributed by atoms with Crippen molar-refractivity contribution in [3.8, 4) is 11.8 Å². The average Bonchev–Trinajstić information content (AvgIpc) is 3.05. The van der Waals surface area contributed by atoms with Crippen LogP contribution in [-0.4, -0.2) is 45.8 Å². The van der Waals surface area contributed by atoms with Crippen LogP contribution >= 0.6 is 0 Å². The predicted octanol–water partition coefficient (Wildman–Crippen LogP) is 1.01. The fourth-order valence-electron chi connectivity index (χ4n) is 3.40. The Morgan fingerprint density at radius 2 is 2.00 bits per heavy atom. The molecule has 20 heavy (non-hydrogen) atoms. The number of hydrogen-bond acceptors (Lipinski definition) is 4. The first kappa shape index (κ1) is 14.1. The van der Waals surface area contributed by atoms with E-state index in [1.54, 1.807) is 0 Å². The molecule has 0 radical (unpaired) electrons. The van der Waals surface area contributed by atoms with E-state index in [0.717, 1.165) is 5.57 Å². The topological polar surface area (TPSA) is 62.2 Å². The molecular weight excluding hydrogens is 256 g/mol. The fourth-order valence-corrected chi connectivity index (χ4v) is 3.40. The standard InChI is InChI=1S/C16H22O4/c1-9(2)5-6-10-7-12-16(14(20-16)13(10)18)8-11(17)15(3,4)19-12/h10-14,17-18H,1,7-8H2,2-4H3/t10?,11-,12-,13+,14+,16-/m0/s1. The molecule has 0 aromatic rings. The molecule has 3 aliphatic rings. The molecule has 1 spiro atoms. The van der Waals surface area contributed by atoms with Gasteiger partial charge in [-0.3, -0.25) is 0 Å². The average molecular weight is 278 g/mol. The number of aliphatic hydroxyl groups is 2. The van der Waals surface area contributed by atoms with Crippen molar-refractivity contribution in [2.45, 2.75) is 69.2 Å². The summed E-state index contributed by atoms with van der Waals surface area (Å²) in [6.45, 7) is 9.38. The molecule has 0 aromatic carbocycles. The van der Waals surface area contributed by atoms with Crippen LogP contribution in [0.5, 0.6) is 0 Å². The van der Waals surface area contributed by atoms with Crippen molar-refractivity contribution in [1.29, 1.82) is 0 Å². The van der Waals surface area contributed by atoms with Crippen LogP contribution < -0.4 is 0 Å². The van der Waals surface area contributed by atoms with Gasteiger partial charge in [-0.25, -0.2) is 0 Å². The van der Waals surface area contributed by atoms with Crippen LogP contribution in [0.15, 0.2) is 12.2 Å². The largest absolute Gasteiger partial charge is 0.390 e. The van der Waals surface area contributed by atoms with E-state index in [-0.39, 0.29) is 18.1 Å². The van der Waals surface area contributed by atoms with Crippen molar-refractivity contribution in [1.82, 2.24) is 0 Å². The second-order valence-corrected chi connectivity index (χ2v) is 6.81. The fraction of sp³-hybridized carbons (Fsp3) is 0.750. The van der Waals surface area contributed by atoms with Crippen molar-refractivity contribution < 1.29 is 19.7 Å². The van der Waals surface area contributed by atoms with Gasteiger partial charge in [-0.15, -0.1) is 0 Å². The van der Waals surface area contributed by atoms with Gasteiger partial charge in [-0.05, 0) is 32.8 Å². The van der Waals surface area contributed by atoms with Gasteiger partial charge in [0.2, 0.25) is 0 Å². The first-order chi connectivity index (χ1) is 9.26. The molecule has 0 aromatic heterocycles. The van der Waals surface area contributed by atoms with Gasteiger partial charge in [-0.2, -0.15) is 0 Å². The Labute approximate surface area is 119 Å². The second-order valence-electron chi connectivity index (χ2n) is 6.81. The van der Waals surface area contributed by atoms with Gasteiger partial charge in [0, 0.05) is 6.42 Å². The molecule has 4 nitrogen and oxygen atoms in total. The minimum Gasteiger partial charge on any atom is -0.390 e. The third-order valence-corrected chi connectivity index (χ3v) is 4.74. The number of epoxide rings is 1. The van der Waals surface area contributed by atoms with Gasteiger partial charge in [0.05, 0.1) is 29.8 Å². The maximum absolute atomic E-state index is 10.3. The van der Waals surface area contributed by atoms with Gasteiger partial charge in [0.25, 0.3) is 0 Å². The van der Waals surface area contributed by atoms with Gasteiger partial charge in [-0.1, -0.05) is 18.4 Å². The van der Waals surface area contributed by atoms with Crippen LogP contribution in [0.25, 0.3) is 0 Å². The lowest BCUT2D eigenvalue weighted by atomic mass is 9.72. The molecule has 2 heterocycles. The van der Waals surface area contributed by atoms with Crippen LogP contribution in [0.2, 0.25) is 0 Å². The summed E-state index contributed by atoms with van der Waals surface area (Å²) < 4.78 is 11.8. The Kier molecular flexibility index (Phi) is 3.04. The number of hydrogen-bond donors (Lipinski definition) is 2. The van der Waals surface area contributed by atoms with Gasteiger partial charge in [0.1, 0.15) is 11.7 Å². The third-order valence-electron chi connectivity index (χ3n) is 4.74.